The van der Waals surface area contributed by atoms with Gasteiger partial charge >= 0.3 is 68.9 Å². The zero-order chi connectivity index (χ0) is 2.71. The molecule has 18 valence electrons. The summed E-state index contributed by atoms with van der Waals surface area (Å²) >= 11 is 3.09. The standard InChI is InChI=1S/CHNS.Cs.H/c2-1-3;;/h3H;;/q;+1;-1. The van der Waals surface area contributed by atoms with Crippen molar-refractivity contribution in [2.75, 3.05) is 0 Å². The van der Waals surface area contributed by atoms with Crippen molar-refractivity contribution in [3.05, 3.63) is 0 Å². The van der Waals surface area contributed by atoms with Crippen molar-refractivity contribution in [2.24, 2.45) is 0 Å². The fourth-order valence-corrected chi connectivity index (χ4v) is 0. The Morgan fingerprint density at radius 3 is 2.00 bits per heavy atom. The Morgan fingerprint density at radius 1 is 2.00 bits per heavy atom. The molecule has 0 spiro atoms. The van der Waals surface area contributed by atoms with Crippen LogP contribution in [-0.2, 0) is 0 Å². The van der Waals surface area contributed by atoms with Crippen LogP contribution in [0, 0.1) is 10.7 Å². The van der Waals surface area contributed by atoms with Crippen LogP contribution in [0.1, 0.15) is 1.43 Å². The average Bonchev–Trinajstić information content (AvgIpc) is 0.918. The predicted octanol–water partition coefficient (Wildman–Crippen LogP) is -2.49. The topological polar surface area (TPSA) is 23.8 Å². The van der Waals surface area contributed by atoms with E-state index in [0.29, 0.717) is 0 Å². The van der Waals surface area contributed by atoms with E-state index in [2.05, 4.69) is 12.6 Å². The van der Waals surface area contributed by atoms with Crippen LogP contribution in [0.3, 0.4) is 0 Å². The van der Waals surface area contributed by atoms with Gasteiger partial charge in [0.2, 0.25) is 0 Å². The van der Waals surface area contributed by atoms with Crippen molar-refractivity contribution >= 4 is 12.6 Å². The molecule has 0 aromatic heterocycles. The van der Waals surface area contributed by atoms with Gasteiger partial charge in [0.05, 0.1) is 0 Å². The van der Waals surface area contributed by atoms with E-state index in [-0.39, 0.29) is 70.3 Å². The van der Waals surface area contributed by atoms with Gasteiger partial charge in [-0.15, -0.1) is 0 Å². The molecule has 0 rings (SSSR count). The summed E-state index contributed by atoms with van der Waals surface area (Å²) in [6, 6.07) is 0. The van der Waals surface area contributed by atoms with Gasteiger partial charge in [-0.05, 0) is 0 Å². The molecule has 0 fully saturated rings. The van der Waals surface area contributed by atoms with Crippen molar-refractivity contribution in [2.45, 2.75) is 0 Å². The van der Waals surface area contributed by atoms with E-state index >= 15 is 0 Å². The Labute approximate surface area is 91.1 Å². The average molecular weight is 193 g/mol. The maximum absolute atomic E-state index is 7.18. The van der Waals surface area contributed by atoms with Gasteiger partial charge in [0, 0.05) is 0 Å². The largest absolute Gasteiger partial charge is 1.00 e. The third-order valence-corrected chi connectivity index (χ3v) is 0. The first-order valence-electron chi connectivity index (χ1n) is 0.447. The third-order valence-electron chi connectivity index (χ3n) is 0. The quantitative estimate of drug-likeness (QED) is 0.334. The molecule has 0 unspecified atom stereocenters. The Kier molecular flexibility index (Phi) is 20.6. The summed E-state index contributed by atoms with van der Waals surface area (Å²) in [5, 5.41) is 8.63. The van der Waals surface area contributed by atoms with Crippen molar-refractivity contribution in [3.63, 3.8) is 0 Å². The van der Waals surface area contributed by atoms with Crippen LogP contribution in [0.25, 0.3) is 0 Å². The van der Waals surface area contributed by atoms with Gasteiger partial charge in [0.1, 0.15) is 5.40 Å². The second kappa shape index (κ2) is 8.86. The molecule has 0 bridgehead atoms. The van der Waals surface area contributed by atoms with E-state index in [1.807, 2.05) is 0 Å². The summed E-state index contributed by atoms with van der Waals surface area (Å²) in [6.45, 7) is 0. The van der Waals surface area contributed by atoms with Crippen LogP contribution in [0.15, 0.2) is 0 Å². The molecule has 1 nitrogen and oxygen atoms in total. The van der Waals surface area contributed by atoms with Gasteiger partial charge in [-0.2, -0.15) is 5.26 Å². The smallest absolute Gasteiger partial charge is 1.00 e. The molecule has 0 aromatic rings. The number of thiol groups is 1. The maximum Gasteiger partial charge on any atom is 1.00 e. The predicted molar refractivity (Wildman–Crippen MR) is 15.7 cm³/mol. The van der Waals surface area contributed by atoms with Gasteiger partial charge < -0.3 is 1.43 Å². The van der Waals surface area contributed by atoms with Crippen LogP contribution in [0.2, 0.25) is 0 Å². The Bertz CT molecular complexity index is 33.1. The first-order chi connectivity index (χ1) is 1.41. The molecule has 0 atom stereocenters. The second-order valence-electron chi connectivity index (χ2n) is 0.100. The minimum Gasteiger partial charge on any atom is -1.00 e. The van der Waals surface area contributed by atoms with E-state index in [1.165, 1.54) is 5.40 Å². The van der Waals surface area contributed by atoms with Crippen molar-refractivity contribution in [1.29, 1.82) is 5.26 Å². The molecule has 0 saturated carbocycles. The van der Waals surface area contributed by atoms with Crippen LogP contribution < -0.4 is 68.9 Å². The molecule has 0 N–H and O–H groups in total. The fourth-order valence-electron chi connectivity index (χ4n) is 0. The third kappa shape index (κ3) is 9.09. The summed E-state index contributed by atoms with van der Waals surface area (Å²) in [5.74, 6) is 0. The van der Waals surface area contributed by atoms with E-state index in [9.17, 15) is 0 Å². The van der Waals surface area contributed by atoms with Gasteiger partial charge in [-0.1, -0.05) is 12.6 Å². The van der Waals surface area contributed by atoms with Crippen molar-refractivity contribution in [1.82, 2.24) is 0 Å². The molecule has 0 aliphatic heterocycles. The molecule has 0 saturated heterocycles. The molecular weight excluding hydrogens is 191 g/mol. The van der Waals surface area contributed by atoms with Crippen LogP contribution in [0.5, 0.6) is 0 Å². The van der Waals surface area contributed by atoms with Crippen LogP contribution in [-0.4, -0.2) is 0 Å². The summed E-state index contributed by atoms with van der Waals surface area (Å²) < 4.78 is 0. The van der Waals surface area contributed by atoms with Crippen molar-refractivity contribution in [3.8, 4) is 5.40 Å². The van der Waals surface area contributed by atoms with E-state index in [0.717, 1.165) is 0 Å². The summed E-state index contributed by atoms with van der Waals surface area (Å²) in [4.78, 5) is 0. The SMILES string of the molecule is N#CS.[Cs+].[H-]. The van der Waals surface area contributed by atoms with Crippen LogP contribution >= 0.6 is 12.6 Å². The fraction of sp³-hybridized carbons (Fsp3) is 0. The van der Waals surface area contributed by atoms with Gasteiger partial charge in [-0.3, -0.25) is 0 Å². The summed E-state index contributed by atoms with van der Waals surface area (Å²) in [7, 11) is 0. The maximum atomic E-state index is 7.18. The van der Waals surface area contributed by atoms with Gasteiger partial charge in [0.15, 0.2) is 0 Å². The molecule has 0 aliphatic rings. The second-order valence-corrected chi connectivity index (χ2v) is 0.300. The molecule has 4 heavy (non-hydrogen) atoms. The molecule has 0 amide bonds. The summed E-state index contributed by atoms with van der Waals surface area (Å²) in [6.07, 6.45) is 0. The number of thiocyanates is 1. The zero-order valence-corrected chi connectivity index (χ0v) is 9.57. The minimum absolute atomic E-state index is 0. The number of hydrogen-bond acceptors (Lipinski definition) is 2. The number of nitrogens with zero attached hydrogens (tertiary/aromatic N) is 1. The van der Waals surface area contributed by atoms with Crippen LogP contribution in [0.4, 0.5) is 0 Å². The molecule has 0 heterocycles. The van der Waals surface area contributed by atoms with Gasteiger partial charge in [-0.25, -0.2) is 0 Å². The van der Waals surface area contributed by atoms with E-state index in [4.69, 9.17) is 5.26 Å². The molecular formula is CH2CsNS. The van der Waals surface area contributed by atoms with Gasteiger partial charge in [0.25, 0.3) is 0 Å². The first-order valence-corrected chi connectivity index (χ1v) is 0.894. The number of hydrogen-bond donors (Lipinski definition) is 1. The minimum atomic E-state index is 0. The number of rotatable bonds is 0. The van der Waals surface area contributed by atoms with E-state index in [1.54, 1.807) is 0 Å². The Hall–Kier alpha value is 1.89. The molecule has 0 aromatic carbocycles. The normalized spacial score (nSPS) is 2.00. The molecule has 0 aliphatic carbocycles. The summed E-state index contributed by atoms with van der Waals surface area (Å²) in [5.41, 5.74) is 0. The monoisotopic (exact) mass is 193 g/mol. The Morgan fingerprint density at radius 2 is 2.00 bits per heavy atom. The molecule has 3 heteroatoms. The van der Waals surface area contributed by atoms with E-state index < -0.39 is 0 Å². The Balaban J connectivity index is -0.0000000200. The van der Waals surface area contributed by atoms with Crippen molar-refractivity contribution < 1.29 is 70.3 Å². The number of nitriles is 1. The molecule has 0 radical (unpaired) electrons. The first kappa shape index (κ1) is 9.31. The zero-order valence-electron chi connectivity index (χ0n) is 3.39.